The summed E-state index contributed by atoms with van der Waals surface area (Å²) in [6.07, 6.45) is 0.881. The zero-order valence-electron chi connectivity index (χ0n) is 22.5. The Kier molecular flexibility index (Phi) is 7.61. The summed E-state index contributed by atoms with van der Waals surface area (Å²) in [6.45, 7) is 7.86. The van der Waals surface area contributed by atoms with Crippen molar-refractivity contribution in [3.05, 3.63) is 95.6 Å². The number of nitrogens with one attached hydrogen (secondary N) is 1. The molecule has 4 aromatic rings. The van der Waals surface area contributed by atoms with Crippen molar-refractivity contribution in [2.45, 2.75) is 26.3 Å². The third kappa shape index (κ3) is 4.72. The van der Waals surface area contributed by atoms with Gasteiger partial charge in [-0.05, 0) is 49.3 Å². The summed E-state index contributed by atoms with van der Waals surface area (Å²) in [7, 11) is 2.07. The molecule has 0 saturated heterocycles. The third-order valence-corrected chi connectivity index (χ3v) is 7.71. The van der Waals surface area contributed by atoms with Gasteiger partial charge in [-0.3, -0.25) is 9.59 Å². The first kappa shape index (κ1) is 25.7. The van der Waals surface area contributed by atoms with E-state index in [1.54, 1.807) is 4.90 Å². The van der Waals surface area contributed by atoms with E-state index >= 15 is 0 Å². The average molecular weight is 509 g/mol. The Morgan fingerprint density at radius 1 is 0.921 bits per heavy atom. The fraction of sp³-hybridized carbons (Fsp3) is 0.312. The standard InChI is InChI=1S/C32H36N4O2/c1-4-35(5-2)21-13-20-33-28(37)22-36-31(24-16-9-10-17-25(24)32(36)38)29-26-18-11-12-19-27(26)34(3)30(29)23-14-7-6-8-15-23/h6-12,14-19,31H,4-5,13,20-22H2,1-3H3,(H,33,37)/t31-/m0/s1. The highest BCUT2D eigenvalue weighted by molar-refractivity contribution is 6.03. The van der Waals surface area contributed by atoms with E-state index in [9.17, 15) is 9.59 Å². The average Bonchev–Trinajstić information content (AvgIpc) is 3.39. The van der Waals surface area contributed by atoms with Gasteiger partial charge in [0.25, 0.3) is 5.91 Å². The van der Waals surface area contributed by atoms with E-state index < -0.39 is 0 Å². The zero-order chi connectivity index (χ0) is 26.6. The van der Waals surface area contributed by atoms with Gasteiger partial charge in [0.15, 0.2) is 0 Å². The quantitative estimate of drug-likeness (QED) is 0.298. The Balaban J connectivity index is 1.52. The summed E-state index contributed by atoms with van der Waals surface area (Å²) >= 11 is 0. The molecule has 1 aliphatic heterocycles. The fourth-order valence-corrected chi connectivity index (χ4v) is 5.77. The number of amides is 2. The number of fused-ring (bicyclic) bond motifs is 2. The summed E-state index contributed by atoms with van der Waals surface area (Å²) < 4.78 is 2.21. The number of aryl methyl sites for hydroxylation is 1. The minimum absolute atomic E-state index is 0.0148. The molecule has 0 unspecified atom stereocenters. The molecule has 0 aliphatic carbocycles. The van der Waals surface area contributed by atoms with Gasteiger partial charge < -0.3 is 19.7 Å². The molecule has 0 bridgehead atoms. The van der Waals surface area contributed by atoms with Crippen LogP contribution in [0.2, 0.25) is 0 Å². The van der Waals surface area contributed by atoms with Crippen LogP contribution in [0.3, 0.4) is 0 Å². The lowest BCUT2D eigenvalue weighted by Gasteiger charge is -2.26. The lowest BCUT2D eigenvalue weighted by molar-refractivity contribution is -0.122. The summed E-state index contributed by atoms with van der Waals surface area (Å²) in [4.78, 5) is 31.0. The van der Waals surface area contributed by atoms with Crippen molar-refractivity contribution in [3.8, 4) is 11.3 Å². The first-order chi connectivity index (χ1) is 18.5. The molecule has 0 radical (unpaired) electrons. The molecule has 1 atom stereocenters. The minimum Gasteiger partial charge on any atom is -0.355 e. The Labute approximate surface area is 224 Å². The molecule has 3 aromatic carbocycles. The smallest absolute Gasteiger partial charge is 0.255 e. The molecule has 0 saturated carbocycles. The molecular formula is C32H36N4O2. The number of aromatic nitrogens is 1. The van der Waals surface area contributed by atoms with E-state index in [0.717, 1.165) is 59.3 Å². The second kappa shape index (κ2) is 11.2. The highest BCUT2D eigenvalue weighted by Crippen LogP contribution is 2.46. The zero-order valence-corrected chi connectivity index (χ0v) is 22.5. The van der Waals surface area contributed by atoms with E-state index in [2.05, 4.69) is 59.9 Å². The van der Waals surface area contributed by atoms with E-state index in [1.165, 1.54) is 0 Å². The maximum absolute atomic E-state index is 13.7. The summed E-state index contributed by atoms with van der Waals surface area (Å²) in [5.41, 5.74) is 5.91. The van der Waals surface area contributed by atoms with Crippen LogP contribution >= 0.6 is 0 Å². The molecule has 2 heterocycles. The third-order valence-electron chi connectivity index (χ3n) is 7.71. The number of hydrogen-bond donors (Lipinski definition) is 1. The van der Waals surface area contributed by atoms with Gasteiger partial charge >= 0.3 is 0 Å². The van der Waals surface area contributed by atoms with Crippen LogP contribution in [0.15, 0.2) is 78.9 Å². The van der Waals surface area contributed by atoms with Crippen LogP contribution in [0.5, 0.6) is 0 Å². The van der Waals surface area contributed by atoms with Gasteiger partial charge in [0.1, 0.15) is 6.54 Å². The second-order valence-corrected chi connectivity index (χ2v) is 9.86. The normalized spacial score (nSPS) is 14.9. The molecule has 1 aromatic heterocycles. The molecule has 0 spiro atoms. The molecule has 1 N–H and O–H groups in total. The van der Waals surface area contributed by atoms with Crippen molar-refractivity contribution in [3.63, 3.8) is 0 Å². The van der Waals surface area contributed by atoms with Crippen LogP contribution in [-0.2, 0) is 11.8 Å². The topological polar surface area (TPSA) is 57.6 Å². The molecular weight excluding hydrogens is 472 g/mol. The Morgan fingerprint density at radius 3 is 2.37 bits per heavy atom. The predicted molar refractivity (Wildman–Crippen MR) is 153 cm³/mol. The summed E-state index contributed by atoms with van der Waals surface area (Å²) in [5.74, 6) is -0.229. The summed E-state index contributed by atoms with van der Waals surface area (Å²) in [5, 5.41) is 4.15. The molecule has 0 fully saturated rings. The van der Waals surface area contributed by atoms with Gasteiger partial charge in [-0.2, -0.15) is 0 Å². The van der Waals surface area contributed by atoms with Crippen LogP contribution in [0, 0.1) is 0 Å². The van der Waals surface area contributed by atoms with Gasteiger partial charge in [0, 0.05) is 35.6 Å². The number of hydrogen-bond acceptors (Lipinski definition) is 3. The highest BCUT2D eigenvalue weighted by atomic mass is 16.2. The molecule has 196 valence electrons. The lowest BCUT2D eigenvalue weighted by Crippen LogP contribution is -2.40. The fourth-order valence-electron chi connectivity index (χ4n) is 5.77. The van der Waals surface area contributed by atoms with Crippen molar-refractivity contribution in [1.82, 2.24) is 19.7 Å². The van der Waals surface area contributed by atoms with Gasteiger partial charge in [-0.1, -0.05) is 80.6 Å². The maximum atomic E-state index is 13.7. The number of nitrogens with zero attached hydrogens (tertiary/aromatic N) is 3. The maximum Gasteiger partial charge on any atom is 0.255 e. The number of carbonyl (C=O) groups is 2. The van der Waals surface area contributed by atoms with E-state index in [4.69, 9.17) is 0 Å². The van der Waals surface area contributed by atoms with Gasteiger partial charge in [-0.25, -0.2) is 0 Å². The first-order valence-corrected chi connectivity index (χ1v) is 13.6. The van der Waals surface area contributed by atoms with E-state index in [-0.39, 0.29) is 24.4 Å². The summed E-state index contributed by atoms with van der Waals surface area (Å²) in [6, 6.07) is 26.0. The Bertz CT molecular complexity index is 1440. The van der Waals surface area contributed by atoms with Gasteiger partial charge in [0.2, 0.25) is 5.91 Å². The van der Waals surface area contributed by atoms with Gasteiger partial charge in [-0.15, -0.1) is 0 Å². The minimum atomic E-state index is -0.360. The van der Waals surface area contributed by atoms with Crippen molar-refractivity contribution < 1.29 is 9.59 Å². The van der Waals surface area contributed by atoms with Crippen LogP contribution < -0.4 is 5.32 Å². The Hall–Kier alpha value is -3.90. The Morgan fingerprint density at radius 2 is 1.61 bits per heavy atom. The van der Waals surface area contributed by atoms with Crippen LogP contribution in [0.25, 0.3) is 22.2 Å². The largest absolute Gasteiger partial charge is 0.355 e. The number of carbonyl (C=O) groups excluding carboxylic acids is 2. The number of rotatable bonds is 10. The van der Waals surface area contributed by atoms with Crippen molar-refractivity contribution >= 4 is 22.7 Å². The second-order valence-electron chi connectivity index (χ2n) is 9.86. The lowest BCUT2D eigenvalue weighted by atomic mass is 9.93. The SMILES string of the molecule is CCN(CC)CCCNC(=O)CN1C(=O)c2ccccc2[C@H]1c1c(-c2ccccc2)n(C)c2ccccc12. The number of benzene rings is 3. The van der Waals surface area contributed by atoms with Crippen molar-refractivity contribution in [1.29, 1.82) is 0 Å². The van der Waals surface area contributed by atoms with E-state index in [1.807, 2.05) is 54.6 Å². The van der Waals surface area contributed by atoms with Crippen molar-refractivity contribution in [2.75, 3.05) is 32.7 Å². The molecule has 6 heteroatoms. The molecule has 2 amide bonds. The van der Waals surface area contributed by atoms with Gasteiger partial charge in [0.05, 0.1) is 11.7 Å². The molecule has 38 heavy (non-hydrogen) atoms. The molecule has 5 rings (SSSR count). The monoisotopic (exact) mass is 508 g/mol. The van der Waals surface area contributed by atoms with Crippen LogP contribution in [0.4, 0.5) is 0 Å². The van der Waals surface area contributed by atoms with E-state index in [0.29, 0.717) is 12.1 Å². The molecule has 1 aliphatic rings. The van der Waals surface area contributed by atoms with Crippen LogP contribution in [0.1, 0.15) is 47.8 Å². The molecule has 6 nitrogen and oxygen atoms in total. The van der Waals surface area contributed by atoms with Crippen LogP contribution in [-0.4, -0.2) is 58.9 Å². The number of para-hydroxylation sites is 1. The van der Waals surface area contributed by atoms with Crippen molar-refractivity contribution in [2.24, 2.45) is 7.05 Å². The predicted octanol–water partition coefficient (Wildman–Crippen LogP) is 5.24. The first-order valence-electron chi connectivity index (χ1n) is 13.6. The highest BCUT2D eigenvalue weighted by Gasteiger charge is 2.41.